The molecule has 210 valence electrons. The number of hydrogen-bond donors (Lipinski definition) is 1. The lowest BCUT2D eigenvalue weighted by Crippen LogP contribution is -2.53. The monoisotopic (exact) mass is 582 g/mol. The molecule has 0 aliphatic carbocycles. The van der Waals surface area contributed by atoms with Crippen molar-refractivity contribution >= 4 is 39.1 Å². The number of benzene rings is 1. The van der Waals surface area contributed by atoms with Crippen molar-refractivity contribution in [2.75, 3.05) is 13.1 Å². The predicted octanol–water partition coefficient (Wildman–Crippen LogP) is 3.56. The molecule has 1 aromatic carbocycles. The number of nitrogens with one attached hydrogen (secondary N) is 1. The minimum absolute atomic E-state index is 0.0480. The topological polar surface area (TPSA) is 126 Å². The minimum atomic E-state index is -3.94. The number of carbonyl (C=O) groups is 3. The Hall–Kier alpha value is -3.61. The van der Waals surface area contributed by atoms with Crippen LogP contribution in [0, 0.1) is 5.92 Å². The highest BCUT2D eigenvalue weighted by Gasteiger charge is 2.54. The van der Waals surface area contributed by atoms with Crippen molar-refractivity contribution in [1.82, 2.24) is 19.5 Å². The minimum Gasteiger partial charge on any atom is -0.399 e. The van der Waals surface area contributed by atoms with Gasteiger partial charge in [-0.3, -0.25) is 14.6 Å². The zero-order chi connectivity index (χ0) is 28.4. The maximum Gasteiger partial charge on any atom is 0.414 e. The van der Waals surface area contributed by atoms with E-state index in [0.717, 1.165) is 10.4 Å². The van der Waals surface area contributed by atoms with Gasteiger partial charge in [-0.2, -0.15) is 4.31 Å². The molecule has 2 aromatic heterocycles. The Balaban J connectivity index is 1.29. The van der Waals surface area contributed by atoms with E-state index in [1.807, 2.05) is 50.2 Å². The molecule has 0 radical (unpaired) electrons. The molecule has 0 bridgehead atoms. The van der Waals surface area contributed by atoms with Crippen molar-refractivity contribution in [3.8, 4) is 15.5 Å². The number of aromatic nitrogens is 1. The molecule has 5 rings (SSSR count). The zero-order valence-electron chi connectivity index (χ0n) is 22.1. The fourth-order valence-electron chi connectivity index (χ4n) is 5.28. The largest absolute Gasteiger partial charge is 0.414 e. The Labute approximate surface area is 237 Å². The molecule has 3 atom stereocenters. The maximum atomic E-state index is 13.7. The van der Waals surface area contributed by atoms with Crippen molar-refractivity contribution in [2.45, 2.75) is 49.7 Å². The molecule has 40 heavy (non-hydrogen) atoms. The molecule has 2 aliphatic heterocycles. The third-order valence-corrected chi connectivity index (χ3v) is 9.94. The van der Waals surface area contributed by atoms with E-state index >= 15 is 0 Å². The third-order valence-electron chi connectivity index (χ3n) is 7.05. The zero-order valence-corrected chi connectivity index (χ0v) is 23.7. The van der Waals surface area contributed by atoms with Crippen LogP contribution in [-0.2, 0) is 19.6 Å². The highest BCUT2D eigenvalue weighted by Crippen LogP contribution is 2.35. The number of ether oxygens (including phenoxy) is 1. The summed E-state index contributed by atoms with van der Waals surface area (Å²) in [5.41, 5.74) is 1.00. The lowest BCUT2D eigenvalue weighted by Gasteiger charge is -2.28. The first-order chi connectivity index (χ1) is 19.1. The number of amides is 2. The molecule has 0 spiro atoms. The van der Waals surface area contributed by atoms with E-state index in [1.165, 1.54) is 45.1 Å². The van der Waals surface area contributed by atoms with Gasteiger partial charge in [0.05, 0.1) is 17.5 Å². The first kappa shape index (κ1) is 27.9. The Morgan fingerprint density at radius 2 is 1.82 bits per heavy atom. The Kier molecular flexibility index (Phi) is 8.02. The van der Waals surface area contributed by atoms with Crippen LogP contribution in [0.25, 0.3) is 10.4 Å². The van der Waals surface area contributed by atoms with Crippen LogP contribution in [0.1, 0.15) is 26.7 Å². The predicted molar refractivity (Wildman–Crippen MR) is 149 cm³/mol. The summed E-state index contributed by atoms with van der Waals surface area (Å²) >= 11 is 1.31. The van der Waals surface area contributed by atoms with Gasteiger partial charge in [-0.25, -0.2) is 13.2 Å². The molecular weight excluding hydrogens is 552 g/mol. The number of Topliss-reactive ketones (excluding diaryl/α,β-unsaturated/α-hetero) is 1. The van der Waals surface area contributed by atoms with Crippen molar-refractivity contribution < 1.29 is 27.5 Å². The first-order valence-electron chi connectivity index (χ1n) is 13.0. The van der Waals surface area contributed by atoms with Gasteiger partial charge in [-0.15, -0.1) is 0 Å². The van der Waals surface area contributed by atoms with Crippen LogP contribution in [0.3, 0.4) is 0 Å². The van der Waals surface area contributed by atoms with Gasteiger partial charge in [0, 0.05) is 23.8 Å². The number of hydrogen-bond acceptors (Lipinski definition) is 8. The first-order valence-corrected chi connectivity index (χ1v) is 15.3. The van der Waals surface area contributed by atoms with Crippen molar-refractivity contribution in [1.29, 1.82) is 0 Å². The molecule has 2 saturated heterocycles. The quantitative estimate of drug-likeness (QED) is 0.431. The van der Waals surface area contributed by atoms with Gasteiger partial charge in [-0.1, -0.05) is 55.5 Å². The standard InChI is InChI=1S/C28H30N4O6S2/c1-18(2)16-21(30-28(35)38-25-9-8-24(39-25)19-6-4-3-5-7-19)27(34)31-15-12-22-26(31)23(33)17-32(22)40(36,37)20-10-13-29-14-11-20/h3-11,13-14,18,21-22,26H,12,15-17H2,1-2H3,(H,30,35). The van der Waals surface area contributed by atoms with Crippen LogP contribution in [0.2, 0.25) is 0 Å². The molecule has 0 saturated carbocycles. The Morgan fingerprint density at radius 3 is 2.52 bits per heavy atom. The summed E-state index contributed by atoms with van der Waals surface area (Å²) in [4.78, 5) is 45.9. The van der Waals surface area contributed by atoms with Gasteiger partial charge >= 0.3 is 6.09 Å². The van der Waals surface area contributed by atoms with E-state index in [-0.39, 0.29) is 29.7 Å². The van der Waals surface area contributed by atoms with Gasteiger partial charge in [0.15, 0.2) is 10.8 Å². The third kappa shape index (κ3) is 5.65. The lowest BCUT2D eigenvalue weighted by atomic mass is 10.0. The normalized spacial score (nSPS) is 20.0. The summed E-state index contributed by atoms with van der Waals surface area (Å²) < 4.78 is 33.2. The van der Waals surface area contributed by atoms with Crippen molar-refractivity contribution in [3.05, 3.63) is 67.0 Å². The van der Waals surface area contributed by atoms with Crippen LogP contribution >= 0.6 is 11.3 Å². The summed E-state index contributed by atoms with van der Waals surface area (Å²) in [7, 11) is -3.94. The van der Waals surface area contributed by atoms with Crippen LogP contribution in [0.4, 0.5) is 4.79 Å². The van der Waals surface area contributed by atoms with Crippen LogP contribution in [0.15, 0.2) is 71.9 Å². The van der Waals surface area contributed by atoms with Gasteiger partial charge < -0.3 is 15.0 Å². The maximum absolute atomic E-state index is 13.7. The van der Waals surface area contributed by atoms with Gasteiger partial charge in [0.25, 0.3) is 0 Å². The summed E-state index contributed by atoms with van der Waals surface area (Å²) in [6.45, 7) is 3.75. The van der Waals surface area contributed by atoms with E-state index in [2.05, 4.69) is 10.3 Å². The molecule has 2 amide bonds. The molecule has 2 fully saturated rings. The molecule has 3 aromatic rings. The highest BCUT2D eigenvalue weighted by molar-refractivity contribution is 7.89. The van der Waals surface area contributed by atoms with E-state index in [9.17, 15) is 22.8 Å². The second-order valence-corrected chi connectivity index (χ2v) is 13.2. The van der Waals surface area contributed by atoms with Gasteiger partial charge in [0.1, 0.15) is 12.1 Å². The molecule has 3 unspecified atom stereocenters. The van der Waals surface area contributed by atoms with Crippen molar-refractivity contribution in [2.24, 2.45) is 5.92 Å². The van der Waals surface area contributed by atoms with E-state index in [0.29, 0.717) is 17.9 Å². The number of rotatable bonds is 8. The van der Waals surface area contributed by atoms with E-state index < -0.39 is 40.1 Å². The van der Waals surface area contributed by atoms with E-state index in [1.54, 1.807) is 6.07 Å². The Morgan fingerprint density at radius 1 is 1.10 bits per heavy atom. The molecule has 2 aliphatic rings. The number of likely N-dealkylation sites (tertiary alicyclic amines) is 1. The number of thiophene rings is 1. The fourth-order valence-corrected chi connectivity index (χ4v) is 7.75. The average molecular weight is 583 g/mol. The lowest BCUT2D eigenvalue weighted by molar-refractivity contribution is -0.138. The number of pyridine rings is 1. The number of fused-ring (bicyclic) bond motifs is 1. The van der Waals surface area contributed by atoms with Crippen LogP contribution < -0.4 is 10.1 Å². The molecule has 4 heterocycles. The number of ketones is 1. The SMILES string of the molecule is CC(C)CC(NC(=O)Oc1ccc(-c2ccccc2)s1)C(=O)N1CCC2C1C(=O)CN2S(=O)(=O)c1ccncc1. The second kappa shape index (κ2) is 11.5. The fraction of sp³-hybridized carbons (Fsp3) is 0.357. The molecule has 12 heteroatoms. The van der Waals surface area contributed by atoms with E-state index in [4.69, 9.17) is 4.74 Å². The van der Waals surface area contributed by atoms with Gasteiger partial charge in [-0.05, 0) is 48.6 Å². The van der Waals surface area contributed by atoms with Crippen LogP contribution in [-0.4, -0.2) is 71.6 Å². The summed E-state index contributed by atoms with van der Waals surface area (Å²) in [6, 6.07) is 13.5. The number of carbonyl (C=O) groups excluding carboxylic acids is 3. The molecular formula is C28H30N4O6S2. The number of sulfonamides is 1. The van der Waals surface area contributed by atoms with Crippen LogP contribution in [0.5, 0.6) is 5.06 Å². The van der Waals surface area contributed by atoms with Crippen molar-refractivity contribution in [3.63, 3.8) is 0 Å². The Bertz CT molecular complexity index is 1490. The molecule has 10 nitrogen and oxygen atoms in total. The average Bonchev–Trinajstić information content (AvgIpc) is 3.66. The van der Waals surface area contributed by atoms with Gasteiger partial charge in [0.2, 0.25) is 15.9 Å². The smallest absolute Gasteiger partial charge is 0.399 e. The highest BCUT2D eigenvalue weighted by atomic mass is 32.2. The summed E-state index contributed by atoms with van der Waals surface area (Å²) in [6.07, 6.45) is 2.65. The second-order valence-electron chi connectivity index (χ2n) is 10.2. The summed E-state index contributed by atoms with van der Waals surface area (Å²) in [5.74, 6) is -0.709. The summed E-state index contributed by atoms with van der Waals surface area (Å²) in [5, 5.41) is 3.07. The number of nitrogens with zero attached hydrogens (tertiary/aromatic N) is 3. The molecule has 1 N–H and O–H groups in total.